The van der Waals surface area contributed by atoms with Crippen LogP contribution in [0.4, 0.5) is 23.5 Å². The van der Waals surface area contributed by atoms with Crippen molar-refractivity contribution in [3.05, 3.63) is 65.5 Å². The molecule has 11 heteroatoms. The van der Waals surface area contributed by atoms with Gasteiger partial charge in [-0.2, -0.15) is 8.78 Å². The van der Waals surface area contributed by atoms with E-state index in [4.69, 9.17) is 4.74 Å². The maximum absolute atomic E-state index is 14.9. The summed E-state index contributed by atoms with van der Waals surface area (Å²) >= 11 is 0. The van der Waals surface area contributed by atoms with Crippen LogP contribution in [0.1, 0.15) is 34.8 Å². The second-order valence-electron chi connectivity index (χ2n) is 8.86. The summed E-state index contributed by atoms with van der Waals surface area (Å²) in [5.41, 5.74) is 0.589. The van der Waals surface area contributed by atoms with Gasteiger partial charge in [0.05, 0.1) is 12.8 Å². The first kappa shape index (κ1) is 23.2. The monoisotopic (exact) mass is 490 g/mol. The topological polar surface area (TPSA) is 77.4 Å². The lowest BCUT2D eigenvalue weighted by Crippen LogP contribution is -2.59. The van der Waals surface area contributed by atoms with Crippen molar-refractivity contribution < 1.29 is 31.8 Å². The zero-order valence-electron chi connectivity index (χ0n) is 18.7. The molecule has 2 aromatic carbocycles. The number of amides is 1. The summed E-state index contributed by atoms with van der Waals surface area (Å²) in [6.07, 6.45) is 3.32. The highest BCUT2D eigenvalue weighted by Gasteiger charge is 2.49. The van der Waals surface area contributed by atoms with Gasteiger partial charge < -0.3 is 14.8 Å². The molecule has 0 radical (unpaired) electrons. The zero-order valence-corrected chi connectivity index (χ0v) is 18.7. The van der Waals surface area contributed by atoms with E-state index in [1.54, 1.807) is 0 Å². The van der Waals surface area contributed by atoms with E-state index >= 15 is 0 Å². The number of nitrogens with zero attached hydrogens (tertiary/aromatic N) is 2. The molecule has 0 bridgehead atoms. The first-order chi connectivity index (χ1) is 16.8. The van der Waals surface area contributed by atoms with Gasteiger partial charge >= 0.3 is 6.61 Å². The predicted molar refractivity (Wildman–Crippen MR) is 118 cm³/mol. The molecule has 2 heterocycles. The Morgan fingerprint density at radius 3 is 2.34 bits per heavy atom. The number of halogens is 4. The molecular weight excluding hydrogens is 468 g/mol. The summed E-state index contributed by atoms with van der Waals surface area (Å²) in [7, 11) is 1.30. The Labute approximate surface area is 198 Å². The molecule has 1 saturated carbocycles. The van der Waals surface area contributed by atoms with Gasteiger partial charge in [0, 0.05) is 42.9 Å². The molecule has 7 nitrogen and oxygen atoms in total. The number of anilines is 1. The van der Waals surface area contributed by atoms with Crippen LogP contribution in [0, 0.1) is 17.0 Å². The van der Waals surface area contributed by atoms with Crippen molar-refractivity contribution in [2.24, 2.45) is 5.41 Å². The van der Waals surface area contributed by atoms with E-state index in [0.29, 0.717) is 5.69 Å². The number of carbonyl (C=O) groups is 1. The Kier molecular flexibility index (Phi) is 5.87. The number of imidazole rings is 1. The number of alkyl halides is 2. The number of carbonyl (C=O) groups excluding carboxylic acids is 1. The molecule has 2 aliphatic rings. The number of nitrogens with one attached hydrogen (secondary N) is 2. The standard InChI is InChI=1S/C24H22F4N4O3/c1-34-16-6-17(25)20(18(26)7-16)32-10-19(14-8-24(9-14)11-29-12-24)30-23(32)31-21(33)13-2-4-15(5-3-13)35-22(27)28/h2-7,10,14,22,29H,8-9,11-12H2,1H3,(H,30,31,33). The Balaban J connectivity index is 1.45. The summed E-state index contributed by atoms with van der Waals surface area (Å²) in [5, 5.41) is 5.85. The number of rotatable bonds is 7. The van der Waals surface area contributed by atoms with Gasteiger partial charge in [-0.15, -0.1) is 0 Å². The molecule has 2 N–H and O–H groups in total. The quantitative estimate of drug-likeness (QED) is 0.478. The number of aromatic nitrogens is 2. The Bertz CT molecular complexity index is 1230. The van der Waals surface area contributed by atoms with Gasteiger partial charge in [0.1, 0.15) is 17.2 Å². The second-order valence-corrected chi connectivity index (χ2v) is 8.86. The lowest BCUT2D eigenvalue weighted by atomic mass is 9.58. The SMILES string of the molecule is COc1cc(F)c(-n2cc(C3CC4(CNC4)C3)nc2NC(=O)c2ccc(OC(F)F)cc2)c(F)c1. The van der Waals surface area contributed by atoms with Crippen molar-refractivity contribution in [1.29, 1.82) is 0 Å². The fourth-order valence-electron chi connectivity index (χ4n) is 4.67. The molecule has 1 aliphatic carbocycles. The number of ether oxygens (including phenoxy) is 2. The molecule has 1 aromatic heterocycles. The van der Waals surface area contributed by atoms with Crippen LogP contribution in [-0.2, 0) is 0 Å². The van der Waals surface area contributed by atoms with Gasteiger partial charge in [0.25, 0.3) is 5.91 Å². The van der Waals surface area contributed by atoms with Crippen LogP contribution in [0.5, 0.6) is 11.5 Å². The van der Waals surface area contributed by atoms with Crippen molar-refractivity contribution in [2.75, 3.05) is 25.5 Å². The maximum Gasteiger partial charge on any atom is 0.387 e. The van der Waals surface area contributed by atoms with E-state index in [-0.39, 0.29) is 34.3 Å². The molecule has 1 amide bonds. The van der Waals surface area contributed by atoms with Crippen molar-refractivity contribution in [1.82, 2.24) is 14.9 Å². The smallest absolute Gasteiger partial charge is 0.387 e. The Morgan fingerprint density at radius 1 is 1.14 bits per heavy atom. The van der Waals surface area contributed by atoms with Crippen LogP contribution in [0.25, 0.3) is 5.69 Å². The minimum atomic E-state index is -2.99. The van der Waals surface area contributed by atoms with E-state index in [1.807, 2.05) is 0 Å². The maximum atomic E-state index is 14.9. The largest absolute Gasteiger partial charge is 0.497 e. The predicted octanol–water partition coefficient (Wildman–Crippen LogP) is 4.48. The summed E-state index contributed by atoms with van der Waals surface area (Å²) in [6, 6.07) is 7.14. The average molecular weight is 490 g/mol. The third-order valence-electron chi connectivity index (χ3n) is 6.54. The summed E-state index contributed by atoms with van der Waals surface area (Å²) in [4.78, 5) is 17.4. The van der Waals surface area contributed by atoms with Gasteiger partial charge in [-0.25, -0.2) is 13.8 Å². The van der Waals surface area contributed by atoms with Crippen LogP contribution in [0.15, 0.2) is 42.6 Å². The van der Waals surface area contributed by atoms with Crippen LogP contribution < -0.4 is 20.1 Å². The molecule has 0 unspecified atom stereocenters. The van der Waals surface area contributed by atoms with Crippen LogP contribution >= 0.6 is 0 Å². The van der Waals surface area contributed by atoms with E-state index in [2.05, 4.69) is 20.4 Å². The highest BCUT2D eigenvalue weighted by Crippen LogP contribution is 2.53. The third kappa shape index (κ3) is 4.43. The Hall–Kier alpha value is -3.60. The van der Waals surface area contributed by atoms with Crippen molar-refractivity contribution in [3.63, 3.8) is 0 Å². The normalized spacial score (nSPS) is 16.6. The summed E-state index contributed by atoms with van der Waals surface area (Å²) in [5.74, 6) is -2.45. The summed E-state index contributed by atoms with van der Waals surface area (Å²) in [6.45, 7) is -1.13. The molecule has 1 aliphatic heterocycles. The van der Waals surface area contributed by atoms with Gasteiger partial charge in [0.15, 0.2) is 11.6 Å². The first-order valence-electron chi connectivity index (χ1n) is 11.0. The highest BCUT2D eigenvalue weighted by molar-refractivity contribution is 6.03. The van der Waals surface area contributed by atoms with Gasteiger partial charge in [-0.05, 0) is 42.5 Å². The van der Waals surface area contributed by atoms with E-state index in [1.165, 1.54) is 42.1 Å². The molecule has 2 fully saturated rings. The van der Waals surface area contributed by atoms with Crippen molar-refractivity contribution >= 4 is 11.9 Å². The number of hydrogen-bond donors (Lipinski definition) is 2. The van der Waals surface area contributed by atoms with E-state index in [9.17, 15) is 22.4 Å². The average Bonchev–Trinajstić information content (AvgIpc) is 3.14. The minimum Gasteiger partial charge on any atom is -0.497 e. The molecule has 35 heavy (non-hydrogen) atoms. The second kappa shape index (κ2) is 8.88. The van der Waals surface area contributed by atoms with Crippen molar-refractivity contribution in [2.45, 2.75) is 25.4 Å². The minimum absolute atomic E-state index is 0.0131. The van der Waals surface area contributed by atoms with Crippen molar-refractivity contribution in [3.8, 4) is 17.2 Å². The molecule has 1 saturated heterocycles. The van der Waals surface area contributed by atoms with Crippen LogP contribution in [-0.4, -0.2) is 42.3 Å². The van der Waals surface area contributed by atoms with Crippen LogP contribution in [0.3, 0.4) is 0 Å². The Morgan fingerprint density at radius 2 is 1.80 bits per heavy atom. The molecule has 5 rings (SSSR count). The lowest BCUT2D eigenvalue weighted by molar-refractivity contribution is -0.0498. The molecule has 184 valence electrons. The zero-order chi connectivity index (χ0) is 24.7. The van der Waals surface area contributed by atoms with Gasteiger partial charge in [-0.1, -0.05) is 0 Å². The molecule has 3 aromatic rings. The molecule has 1 spiro atoms. The molecular formula is C24H22F4N4O3. The van der Waals surface area contributed by atoms with Crippen LogP contribution in [0.2, 0.25) is 0 Å². The van der Waals surface area contributed by atoms with Gasteiger partial charge in [0.2, 0.25) is 5.95 Å². The first-order valence-corrected chi connectivity index (χ1v) is 11.0. The number of hydrogen-bond acceptors (Lipinski definition) is 5. The fourth-order valence-corrected chi connectivity index (χ4v) is 4.67. The molecule has 0 atom stereocenters. The number of methoxy groups -OCH3 is 1. The van der Waals surface area contributed by atoms with E-state index < -0.39 is 29.8 Å². The van der Waals surface area contributed by atoms with Gasteiger partial charge in [-0.3, -0.25) is 14.7 Å². The van der Waals surface area contributed by atoms with E-state index in [0.717, 1.165) is 38.1 Å². The third-order valence-corrected chi connectivity index (χ3v) is 6.54. The highest BCUT2D eigenvalue weighted by atomic mass is 19.3. The number of benzene rings is 2. The fraction of sp³-hybridized carbons (Fsp3) is 0.333. The lowest BCUT2D eigenvalue weighted by Gasteiger charge is -2.54. The summed E-state index contributed by atoms with van der Waals surface area (Å²) < 4.78 is 64.9.